The maximum Gasteiger partial charge on any atom is 0.419 e. The second-order valence-corrected chi connectivity index (χ2v) is 11.3. The van der Waals surface area contributed by atoms with E-state index in [0.29, 0.717) is 18.6 Å². The Morgan fingerprint density at radius 1 is 1.09 bits per heavy atom. The lowest BCUT2D eigenvalue weighted by Gasteiger charge is -2.23. The first-order chi connectivity index (χ1) is 16.7. The molecule has 3 aromatic rings. The van der Waals surface area contributed by atoms with Crippen molar-refractivity contribution in [3.05, 3.63) is 64.1 Å². The SMILES string of the molecule is CCc1ccc(C(NC(=O)CCn2c(=O)oc3cc(S(=O)(=O)N4CCCC4)ccc32)C(C)C)cc1. The van der Waals surface area contributed by atoms with E-state index in [0.717, 1.165) is 24.8 Å². The van der Waals surface area contributed by atoms with E-state index >= 15 is 0 Å². The number of hydrogen-bond acceptors (Lipinski definition) is 5. The minimum Gasteiger partial charge on any atom is -0.408 e. The number of rotatable bonds is 9. The number of aryl methyl sites for hydroxylation is 2. The van der Waals surface area contributed by atoms with Crippen LogP contribution in [0.3, 0.4) is 0 Å². The van der Waals surface area contributed by atoms with E-state index in [1.807, 2.05) is 12.1 Å². The van der Waals surface area contributed by atoms with Gasteiger partial charge in [0.15, 0.2) is 5.58 Å². The van der Waals surface area contributed by atoms with E-state index in [-0.39, 0.29) is 41.3 Å². The van der Waals surface area contributed by atoms with Gasteiger partial charge in [-0.05, 0) is 48.4 Å². The summed E-state index contributed by atoms with van der Waals surface area (Å²) in [6, 6.07) is 12.6. The molecule has 9 heteroatoms. The summed E-state index contributed by atoms with van der Waals surface area (Å²) in [5.41, 5.74) is 2.96. The van der Waals surface area contributed by atoms with Crippen molar-refractivity contribution in [2.24, 2.45) is 5.92 Å². The first-order valence-corrected chi connectivity index (χ1v) is 13.7. The van der Waals surface area contributed by atoms with Gasteiger partial charge in [-0.15, -0.1) is 0 Å². The van der Waals surface area contributed by atoms with Crippen molar-refractivity contribution in [1.29, 1.82) is 0 Å². The minimum absolute atomic E-state index is 0.0959. The molecule has 0 saturated carbocycles. The molecule has 1 fully saturated rings. The highest BCUT2D eigenvalue weighted by Crippen LogP contribution is 2.25. The quantitative estimate of drug-likeness (QED) is 0.482. The number of hydrogen-bond donors (Lipinski definition) is 1. The fourth-order valence-electron chi connectivity index (χ4n) is 4.55. The van der Waals surface area contributed by atoms with Crippen LogP contribution in [-0.4, -0.2) is 36.3 Å². The largest absolute Gasteiger partial charge is 0.419 e. The summed E-state index contributed by atoms with van der Waals surface area (Å²) < 4.78 is 33.8. The lowest BCUT2D eigenvalue weighted by molar-refractivity contribution is -0.122. The Bertz CT molecular complexity index is 1350. The lowest BCUT2D eigenvalue weighted by Crippen LogP contribution is -2.32. The molecule has 2 aromatic carbocycles. The third-order valence-corrected chi connectivity index (χ3v) is 8.53. The average molecular weight is 500 g/mol. The van der Waals surface area contributed by atoms with E-state index in [2.05, 4.69) is 38.2 Å². The summed E-state index contributed by atoms with van der Waals surface area (Å²) in [4.78, 5) is 25.4. The van der Waals surface area contributed by atoms with Crippen LogP contribution in [0.5, 0.6) is 0 Å². The maximum absolute atomic E-state index is 12.8. The van der Waals surface area contributed by atoms with E-state index in [4.69, 9.17) is 4.42 Å². The van der Waals surface area contributed by atoms with Crippen LogP contribution in [0, 0.1) is 5.92 Å². The molecule has 1 unspecified atom stereocenters. The van der Waals surface area contributed by atoms with Crippen molar-refractivity contribution in [2.45, 2.75) is 63.9 Å². The molecule has 2 heterocycles. The van der Waals surface area contributed by atoms with Crippen molar-refractivity contribution in [2.75, 3.05) is 13.1 Å². The average Bonchev–Trinajstić information content (AvgIpc) is 3.49. The normalized spacial score (nSPS) is 15.7. The molecule has 0 spiro atoms. The molecule has 1 N–H and O–H groups in total. The van der Waals surface area contributed by atoms with Crippen LogP contribution in [0.1, 0.15) is 57.2 Å². The lowest BCUT2D eigenvalue weighted by atomic mass is 9.94. The zero-order valence-corrected chi connectivity index (χ0v) is 21.3. The van der Waals surface area contributed by atoms with E-state index in [1.165, 1.54) is 26.6 Å². The standard InChI is InChI=1S/C26H33N3O5S/c1-4-19-7-9-20(10-8-19)25(18(2)3)27-24(30)13-16-29-22-12-11-21(17-23(22)34-26(29)31)35(32,33)28-14-5-6-15-28/h7-12,17-18,25H,4-6,13-16H2,1-3H3,(H,27,30). The number of amides is 1. The van der Waals surface area contributed by atoms with E-state index in [1.54, 1.807) is 6.07 Å². The van der Waals surface area contributed by atoms with Crippen LogP contribution < -0.4 is 11.1 Å². The highest BCUT2D eigenvalue weighted by atomic mass is 32.2. The Morgan fingerprint density at radius 3 is 2.40 bits per heavy atom. The number of sulfonamides is 1. The predicted octanol–water partition coefficient (Wildman–Crippen LogP) is 3.85. The van der Waals surface area contributed by atoms with Gasteiger partial charge >= 0.3 is 5.76 Å². The molecule has 4 rings (SSSR count). The summed E-state index contributed by atoms with van der Waals surface area (Å²) in [6.45, 7) is 7.35. The molecule has 8 nitrogen and oxygen atoms in total. The zero-order chi connectivity index (χ0) is 25.2. The molecule has 1 atom stereocenters. The first-order valence-electron chi connectivity index (χ1n) is 12.2. The number of carbonyl (C=O) groups is 1. The molecule has 1 aliphatic heterocycles. The van der Waals surface area contributed by atoms with Crippen LogP contribution in [0.4, 0.5) is 0 Å². The van der Waals surface area contributed by atoms with Gasteiger partial charge in [0.1, 0.15) is 0 Å². The Labute approximate surface area is 206 Å². The Morgan fingerprint density at radius 2 is 1.77 bits per heavy atom. The first kappa shape index (κ1) is 25.2. The van der Waals surface area contributed by atoms with E-state index in [9.17, 15) is 18.0 Å². The van der Waals surface area contributed by atoms with Crippen LogP contribution in [0.15, 0.2) is 56.6 Å². The van der Waals surface area contributed by atoms with Crippen LogP contribution in [0.25, 0.3) is 11.1 Å². The third kappa shape index (κ3) is 5.36. The molecule has 0 bridgehead atoms. The summed E-state index contributed by atoms with van der Waals surface area (Å²) in [7, 11) is -3.61. The second kappa shape index (κ2) is 10.4. The number of nitrogens with one attached hydrogen (secondary N) is 1. The van der Waals surface area contributed by atoms with Crippen molar-refractivity contribution in [1.82, 2.24) is 14.2 Å². The number of carbonyl (C=O) groups excluding carboxylic acids is 1. The minimum atomic E-state index is -3.61. The highest BCUT2D eigenvalue weighted by molar-refractivity contribution is 7.89. The number of fused-ring (bicyclic) bond motifs is 1. The van der Waals surface area contributed by atoms with Crippen molar-refractivity contribution < 1.29 is 17.6 Å². The van der Waals surface area contributed by atoms with E-state index < -0.39 is 15.8 Å². The Balaban J connectivity index is 1.47. The smallest absolute Gasteiger partial charge is 0.408 e. The molecule has 188 valence electrons. The van der Waals surface area contributed by atoms with Gasteiger partial charge in [-0.25, -0.2) is 13.2 Å². The molecule has 1 aliphatic rings. The van der Waals surface area contributed by atoms with Gasteiger partial charge in [0.25, 0.3) is 0 Å². The van der Waals surface area contributed by atoms with Crippen LogP contribution in [-0.2, 0) is 27.8 Å². The Kier molecular flexibility index (Phi) is 7.47. The molecule has 1 amide bonds. The van der Waals surface area contributed by atoms with Gasteiger partial charge in [-0.2, -0.15) is 4.31 Å². The van der Waals surface area contributed by atoms with Crippen LogP contribution in [0.2, 0.25) is 0 Å². The fourth-order valence-corrected chi connectivity index (χ4v) is 6.08. The summed E-state index contributed by atoms with van der Waals surface area (Å²) in [5.74, 6) is -0.586. The summed E-state index contributed by atoms with van der Waals surface area (Å²) >= 11 is 0. The fraction of sp³-hybridized carbons (Fsp3) is 0.462. The zero-order valence-electron chi connectivity index (χ0n) is 20.5. The molecule has 1 aromatic heterocycles. The van der Waals surface area contributed by atoms with Gasteiger partial charge in [0.05, 0.1) is 16.5 Å². The number of oxazole rings is 1. The summed E-state index contributed by atoms with van der Waals surface area (Å²) in [6.07, 6.45) is 2.74. The summed E-state index contributed by atoms with van der Waals surface area (Å²) in [5, 5.41) is 3.09. The number of aromatic nitrogens is 1. The maximum atomic E-state index is 12.8. The third-order valence-electron chi connectivity index (χ3n) is 6.64. The Hall–Kier alpha value is -2.91. The second-order valence-electron chi connectivity index (χ2n) is 9.39. The predicted molar refractivity (Wildman–Crippen MR) is 135 cm³/mol. The monoisotopic (exact) mass is 499 g/mol. The molecule has 1 saturated heterocycles. The van der Waals surface area contributed by atoms with Gasteiger partial charge < -0.3 is 9.73 Å². The molecular formula is C26H33N3O5S. The van der Waals surface area contributed by atoms with Crippen molar-refractivity contribution in [3.63, 3.8) is 0 Å². The highest BCUT2D eigenvalue weighted by Gasteiger charge is 2.28. The number of benzene rings is 2. The van der Waals surface area contributed by atoms with Gasteiger partial charge in [0.2, 0.25) is 15.9 Å². The molecule has 35 heavy (non-hydrogen) atoms. The van der Waals surface area contributed by atoms with Gasteiger partial charge in [0, 0.05) is 32.1 Å². The van der Waals surface area contributed by atoms with Crippen molar-refractivity contribution in [3.8, 4) is 0 Å². The van der Waals surface area contributed by atoms with Crippen molar-refractivity contribution >= 4 is 27.0 Å². The van der Waals surface area contributed by atoms with Gasteiger partial charge in [-0.1, -0.05) is 45.0 Å². The molecule has 0 radical (unpaired) electrons. The topological polar surface area (TPSA) is 102 Å². The number of nitrogens with zero attached hydrogens (tertiary/aromatic N) is 2. The molecular weight excluding hydrogens is 466 g/mol. The van der Waals surface area contributed by atoms with Crippen LogP contribution >= 0.6 is 0 Å². The molecule has 0 aliphatic carbocycles. The van der Waals surface area contributed by atoms with Gasteiger partial charge in [-0.3, -0.25) is 9.36 Å².